The molecule has 0 fully saturated rings. The highest BCUT2D eigenvalue weighted by Gasteiger charge is 2.42. The van der Waals surface area contributed by atoms with Crippen molar-refractivity contribution in [2.75, 3.05) is 13.7 Å². The molecule has 6 heteroatoms. The highest BCUT2D eigenvalue weighted by atomic mass is 16.5. The highest BCUT2D eigenvalue weighted by Crippen LogP contribution is 2.41. The van der Waals surface area contributed by atoms with Gasteiger partial charge in [0, 0.05) is 17.3 Å². The first-order valence-electron chi connectivity index (χ1n) is 7.96. The van der Waals surface area contributed by atoms with Crippen LogP contribution < -0.4 is 0 Å². The Morgan fingerprint density at radius 1 is 1.28 bits per heavy atom. The van der Waals surface area contributed by atoms with Gasteiger partial charge in [-0.2, -0.15) is 5.26 Å². The Balaban J connectivity index is 2.73. The van der Waals surface area contributed by atoms with Crippen molar-refractivity contribution >= 4 is 17.7 Å². The molecule has 25 heavy (non-hydrogen) atoms. The fraction of sp³-hybridized carbons (Fsp3) is 0.368. The highest BCUT2D eigenvalue weighted by molar-refractivity contribution is 6.07. The van der Waals surface area contributed by atoms with Crippen LogP contribution in [-0.4, -0.2) is 31.4 Å². The van der Waals surface area contributed by atoms with E-state index in [4.69, 9.17) is 9.47 Å². The summed E-state index contributed by atoms with van der Waals surface area (Å²) in [4.78, 5) is 29.4. The van der Waals surface area contributed by atoms with Crippen molar-refractivity contribution in [1.82, 2.24) is 0 Å². The van der Waals surface area contributed by atoms with Crippen LogP contribution in [0.3, 0.4) is 0 Å². The van der Waals surface area contributed by atoms with Crippen molar-refractivity contribution in [3.63, 3.8) is 0 Å². The lowest BCUT2D eigenvalue weighted by Crippen LogP contribution is -2.36. The number of nitrogens with zero attached hydrogens (tertiary/aromatic N) is 2. The Bertz CT molecular complexity index is 802. The van der Waals surface area contributed by atoms with Crippen molar-refractivity contribution < 1.29 is 19.1 Å². The van der Waals surface area contributed by atoms with Gasteiger partial charge in [-0.1, -0.05) is 18.2 Å². The molecule has 130 valence electrons. The van der Waals surface area contributed by atoms with E-state index < -0.39 is 23.8 Å². The molecular weight excluding hydrogens is 320 g/mol. The van der Waals surface area contributed by atoms with E-state index in [1.165, 1.54) is 7.11 Å². The first-order valence-corrected chi connectivity index (χ1v) is 7.96. The molecule has 6 nitrogen and oxygen atoms in total. The molecule has 0 amide bonds. The molecule has 2 rings (SSSR count). The van der Waals surface area contributed by atoms with Crippen molar-refractivity contribution in [3.8, 4) is 6.07 Å². The molecule has 0 spiro atoms. The van der Waals surface area contributed by atoms with Crippen LogP contribution >= 0.6 is 0 Å². The minimum absolute atomic E-state index is 0.202. The second kappa shape index (κ2) is 7.75. The average molecular weight is 340 g/mol. The summed E-state index contributed by atoms with van der Waals surface area (Å²) < 4.78 is 10.1. The van der Waals surface area contributed by atoms with Crippen LogP contribution in [0, 0.1) is 17.2 Å². The van der Waals surface area contributed by atoms with E-state index in [1.54, 1.807) is 45.0 Å². The zero-order valence-electron chi connectivity index (χ0n) is 14.7. The lowest BCUT2D eigenvalue weighted by Gasteiger charge is -2.31. The van der Waals surface area contributed by atoms with Gasteiger partial charge in [-0.3, -0.25) is 9.79 Å². The molecule has 1 heterocycles. The number of carbonyl (C=O) groups excluding carboxylic acids is 2. The summed E-state index contributed by atoms with van der Waals surface area (Å²) in [6, 6.07) is 9.02. The summed E-state index contributed by atoms with van der Waals surface area (Å²) in [5.74, 6) is -2.52. The molecule has 1 aliphatic rings. The summed E-state index contributed by atoms with van der Waals surface area (Å²) in [5.41, 5.74) is 2.28. The van der Waals surface area contributed by atoms with E-state index in [2.05, 4.69) is 11.1 Å². The van der Waals surface area contributed by atoms with Gasteiger partial charge in [-0.05, 0) is 32.4 Å². The van der Waals surface area contributed by atoms with Gasteiger partial charge < -0.3 is 9.47 Å². The van der Waals surface area contributed by atoms with Crippen LogP contribution in [0.25, 0.3) is 0 Å². The van der Waals surface area contributed by atoms with E-state index in [0.29, 0.717) is 22.5 Å². The number of allylic oxidation sites excluding steroid dienone is 1. The molecular formula is C19H20N2O4. The largest absolute Gasteiger partial charge is 0.468 e. The molecule has 0 N–H and O–H groups in total. The minimum Gasteiger partial charge on any atom is -0.468 e. The topological polar surface area (TPSA) is 88.8 Å². The Morgan fingerprint density at radius 3 is 2.56 bits per heavy atom. The summed E-state index contributed by atoms with van der Waals surface area (Å²) in [6.07, 6.45) is 0. The first-order chi connectivity index (χ1) is 12.0. The minimum atomic E-state index is -0.789. The number of esters is 2. The molecule has 1 aliphatic heterocycles. The number of benzene rings is 1. The van der Waals surface area contributed by atoms with E-state index >= 15 is 0 Å². The monoisotopic (exact) mass is 340 g/mol. The van der Waals surface area contributed by atoms with Crippen LogP contribution in [-0.2, 0) is 19.1 Å². The Kier molecular flexibility index (Phi) is 5.71. The third kappa shape index (κ3) is 3.45. The lowest BCUT2D eigenvalue weighted by molar-refractivity contribution is -0.144. The number of hydrogen-bond acceptors (Lipinski definition) is 6. The van der Waals surface area contributed by atoms with Crippen LogP contribution in [0.1, 0.15) is 37.8 Å². The van der Waals surface area contributed by atoms with Crippen molar-refractivity contribution in [1.29, 1.82) is 5.26 Å². The molecule has 0 radical (unpaired) electrons. The smallest absolute Gasteiger partial charge is 0.336 e. The summed E-state index contributed by atoms with van der Waals surface area (Å²) >= 11 is 0. The van der Waals surface area contributed by atoms with Crippen molar-refractivity contribution in [2.24, 2.45) is 10.9 Å². The quantitative estimate of drug-likeness (QED) is 0.786. The zero-order valence-corrected chi connectivity index (χ0v) is 14.7. The third-order valence-corrected chi connectivity index (χ3v) is 4.20. The maximum absolute atomic E-state index is 12.6. The normalized spacial score (nSPS) is 19.7. The number of hydrogen-bond donors (Lipinski definition) is 0. The molecule has 1 aromatic rings. The lowest BCUT2D eigenvalue weighted by atomic mass is 9.74. The molecule has 2 atom stereocenters. The van der Waals surface area contributed by atoms with Crippen molar-refractivity contribution in [3.05, 3.63) is 46.7 Å². The van der Waals surface area contributed by atoms with Gasteiger partial charge >= 0.3 is 11.9 Å². The van der Waals surface area contributed by atoms with Gasteiger partial charge in [-0.25, -0.2) is 4.79 Å². The van der Waals surface area contributed by atoms with Crippen LogP contribution in [0.4, 0.5) is 0 Å². The van der Waals surface area contributed by atoms with Gasteiger partial charge in [0.15, 0.2) is 0 Å². The molecule has 1 aromatic carbocycles. The number of ether oxygens (including phenoxy) is 2. The van der Waals surface area contributed by atoms with Gasteiger partial charge in [0.2, 0.25) is 0 Å². The molecule has 0 saturated heterocycles. The Morgan fingerprint density at radius 2 is 1.96 bits per heavy atom. The second-order valence-electron chi connectivity index (χ2n) is 5.65. The van der Waals surface area contributed by atoms with E-state index in [0.717, 1.165) is 0 Å². The molecule has 2 unspecified atom stereocenters. The van der Waals surface area contributed by atoms with Gasteiger partial charge in [-0.15, -0.1) is 0 Å². The summed E-state index contributed by atoms with van der Waals surface area (Å²) in [7, 11) is 1.29. The Hall–Kier alpha value is -2.94. The number of nitriles is 1. The van der Waals surface area contributed by atoms with E-state index in [-0.39, 0.29) is 12.2 Å². The first kappa shape index (κ1) is 18.4. The average Bonchev–Trinajstić information content (AvgIpc) is 2.60. The fourth-order valence-electron chi connectivity index (χ4n) is 3.15. The molecule has 0 aliphatic carbocycles. The summed E-state index contributed by atoms with van der Waals surface area (Å²) in [5, 5.41) is 9.46. The number of aliphatic imine (C=N–C) groups is 1. The SMILES string of the molecule is CCOC(=O)C1=C(C)N=C(C)C(C(=O)OC)C1c1ccccc1C#N. The predicted molar refractivity (Wildman–Crippen MR) is 91.8 cm³/mol. The van der Waals surface area contributed by atoms with Gasteiger partial charge in [0.25, 0.3) is 0 Å². The number of methoxy groups -OCH3 is 1. The van der Waals surface area contributed by atoms with Crippen LogP contribution in [0.2, 0.25) is 0 Å². The number of carbonyl (C=O) groups is 2. The standard InChI is InChI=1S/C19H20N2O4/c1-5-25-19(23)16-12(3)21-11(2)15(18(22)24-4)17(16)14-9-7-6-8-13(14)10-20/h6-9,15,17H,5H2,1-4H3. The molecule has 0 saturated carbocycles. The van der Waals surface area contributed by atoms with Gasteiger partial charge in [0.05, 0.1) is 30.9 Å². The zero-order chi connectivity index (χ0) is 18.6. The van der Waals surface area contributed by atoms with Crippen molar-refractivity contribution in [2.45, 2.75) is 26.7 Å². The van der Waals surface area contributed by atoms with Gasteiger partial charge in [0.1, 0.15) is 5.92 Å². The Labute approximate surface area is 146 Å². The van der Waals surface area contributed by atoms with E-state index in [1.807, 2.05) is 0 Å². The maximum atomic E-state index is 12.6. The third-order valence-electron chi connectivity index (χ3n) is 4.20. The second-order valence-corrected chi connectivity index (χ2v) is 5.65. The fourth-order valence-corrected chi connectivity index (χ4v) is 3.15. The predicted octanol–water partition coefficient (Wildman–Crippen LogP) is 2.74. The summed E-state index contributed by atoms with van der Waals surface area (Å²) in [6.45, 7) is 5.33. The maximum Gasteiger partial charge on any atom is 0.336 e. The molecule has 0 aromatic heterocycles. The number of rotatable bonds is 4. The molecule has 0 bridgehead atoms. The van der Waals surface area contributed by atoms with Crippen LogP contribution in [0.15, 0.2) is 40.5 Å². The van der Waals surface area contributed by atoms with Crippen LogP contribution in [0.5, 0.6) is 0 Å². The van der Waals surface area contributed by atoms with E-state index in [9.17, 15) is 14.9 Å².